The Morgan fingerprint density at radius 1 is 1.17 bits per heavy atom. The molecule has 1 aromatic carbocycles. The van der Waals surface area contributed by atoms with E-state index in [1.165, 1.54) is 5.56 Å². The van der Waals surface area contributed by atoms with Gasteiger partial charge >= 0.3 is 0 Å². The first kappa shape index (κ1) is 12.9. The van der Waals surface area contributed by atoms with Crippen LogP contribution in [0.25, 0.3) is 0 Å². The van der Waals surface area contributed by atoms with Crippen LogP contribution < -0.4 is 5.73 Å². The minimum Gasteiger partial charge on any atom is -0.462 e. The lowest BCUT2D eigenvalue weighted by molar-refractivity contribution is 0.162. The number of ether oxygens (including phenoxy) is 1. The molecular formula is C15H19NO2. The molecular weight excluding hydrogens is 226 g/mol. The van der Waals surface area contributed by atoms with Crippen molar-refractivity contribution in [2.24, 2.45) is 5.73 Å². The molecule has 1 atom stereocenters. The van der Waals surface area contributed by atoms with E-state index in [4.69, 9.17) is 14.9 Å². The lowest BCUT2D eigenvalue weighted by Gasteiger charge is -2.09. The third-order valence-electron chi connectivity index (χ3n) is 3.02. The van der Waals surface area contributed by atoms with Gasteiger partial charge in [0.15, 0.2) is 0 Å². The van der Waals surface area contributed by atoms with Gasteiger partial charge in [-0.2, -0.15) is 0 Å². The minimum atomic E-state index is -0.221. The summed E-state index contributed by atoms with van der Waals surface area (Å²) in [6, 6.07) is 11.9. The van der Waals surface area contributed by atoms with Gasteiger partial charge in [-0.1, -0.05) is 31.2 Å². The van der Waals surface area contributed by atoms with Crippen molar-refractivity contribution < 1.29 is 9.15 Å². The fraction of sp³-hybridized carbons (Fsp3) is 0.333. The molecule has 0 bridgehead atoms. The van der Waals surface area contributed by atoms with E-state index in [1.54, 1.807) is 7.11 Å². The number of rotatable bonds is 5. The van der Waals surface area contributed by atoms with Crippen LogP contribution in [-0.4, -0.2) is 7.11 Å². The molecule has 2 N–H and O–H groups in total. The molecule has 1 aromatic heterocycles. The lowest BCUT2D eigenvalue weighted by atomic mass is 10.0. The molecule has 0 radical (unpaired) electrons. The highest BCUT2D eigenvalue weighted by molar-refractivity contribution is 5.29. The second-order valence-electron chi connectivity index (χ2n) is 4.31. The van der Waals surface area contributed by atoms with Gasteiger partial charge in [0.1, 0.15) is 18.1 Å². The zero-order valence-electron chi connectivity index (χ0n) is 10.8. The van der Waals surface area contributed by atoms with Crippen LogP contribution in [0.5, 0.6) is 0 Å². The molecule has 3 heteroatoms. The van der Waals surface area contributed by atoms with E-state index in [-0.39, 0.29) is 6.04 Å². The number of methoxy groups -OCH3 is 1. The Kier molecular flexibility index (Phi) is 4.18. The molecule has 96 valence electrons. The zero-order chi connectivity index (χ0) is 13.0. The molecule has 0 spiro atoms. The minimum absolute atomic E-state index is 0.221. The van der Waals surface area contributed by atoms with Crippen LogP contribution in [0.4, 0.5) is 0 Å². The smallest absolute Gasteiger partial charge is 0.129 e. The third kappa shape index (κ3) is 2.81. The second-order valence-corrected chi connectivity index (χ2v) is 4.31. The van der Waals surface area contributed by atoms with E-state index >= 15 is 0 Å². The fourth-order valence-electron chi connectivity index (χ4n) is 1.91. The Labute approximate surface area is 108 Å². The lowest BCUT2D eigenvalue weighted by Crippen LogP contribution is -2.10. The van der Waals surface area contributed by atoms with Gasteiger partial charge in [0.25, 0.3) is 0 Å². The summed E-state index contributed by atoms with van der Waals surface area (Å²) in [6.07, 6.45) is 1.04. The van der Waals surface area contributed by atoms with Crippen LogP contribution in [0.1, 0.15) is 35.6 Å². The van der Waals surface area contributed by atoms with Gasteiger partial charge in [0, 0.05) is 7.11 Å². The predicted octanol–water partition coefficient (Wildman–Crippen LogP) is 3.04. The van der Waals surface area contributed by atoms with Crippen molar-refractivity contribution in [1.29, 1.82) is 0 Å². The quantitative estimate of drug-likeness (QED) is 0.880. The zero-order valence-corrected chi connectivity index (χ0v) is 10.8. The van der Waals surface area contributed by atoms with Crippen LogP contribution in [-0.2, 0) is 17.8 Å². The van der Waals surface area contributed by atoms with Gasteiger partial charge in [-0.3, -0.25) is 0 Å². The highest BCUT2D eigenvalue weighted by atomic mass is 16.5. The standard InChI is InChI=1S/C15H19NO2/c1-3-11-4-6-12(7-5-11)15(16)14-9-8-13(18-14)10-17-2/h4-9,15H,3,10,16H2,1-2H3. The first-order chi connectivity index (χ1) is 8.74. The maximum Gasteiger partial charge on any atom is 0.129 e. The molecule has 18 heavy (non-hydrogen) atoms. The summed E-state index contributed by atoms with van der Waals surface area (Å²) in [5.41, 5.74) is 8.55. The van der Waals surface area contributed by atoms with Crippen LogP contribution in [0, 0.1) is 0 Å². The Morgan fingerprint density at radius 3 is 2.50 bits per heavy atom. The molecule has 0 saturated heterocycles. The maximum absolute atomic E-state index is 6.18. The van der Waals surface area contributed by atoms with E-state index in [0.29, 0.717) is 6.61 Å². The highest BCUT2D eigenvalue weighted by Gasteiger charge is 2.13. The summed E-state index contributed by atoms with van der Waals surface area (Å²) in [4.78, 5) is 0. The summed E-state index contributed by atoms with van der Waals surface area (Å²) >= 11 is 0. The first-order valence-corrected chi connectivity index (χ1v) is 6.16. The molecule has 3 nitrogen and oxygen atoms in total. The summed E-state index contributed by atoms with van der Waals surface area (Å²) < 4.78 is 10.7. The van der Waals surface area contributed by atoms with Crippen molar-refractivity contribution in [3.8, 4) is 0 Å². The molecule has 0 aliphatic heterocycles. The van der Waals surface area contributed by atoms with E-state index < -0.39 is 0 Å². The van der Waals surface area contributed by atoms with Crippen molar-refractivity contribution in [1.82, 2.24) is 0 Å². The molecule has 2 aromatic rings. The highest BCUT2D eigenvalue weighted by Crippen LogP contribution is 2.22. The van der Waals surface area contributed by atoms with E-state index in [9.17, 15) is 0 Å². The Balaban J connectivity index is 2.15. The topological polar surface area (TPSA) is 48.4 Å². The van der Waals surface area contributed by atoms with Crippen LogP contribution in [0.2, 0.25) is 0 Å². The number of hydrogen-bond acceptors (Lipinski definition) is 3. The largest absolute Gasteiger partial charge is 0.462 e. The van der Waals surface area contributed by atoms with Gasteiger partial charge in [0.05, 0.1) is 6.04 Å². The molecule has 0 aliphatic rings. The average molecular weight is 245 g/mol. The molecule has 0 fully saturated rings. The Bertz CT molecular complexity index is 487. The second kappa shape index (κ2) is 5.85. The number of benzene rings is 1. The predicted molar refractivity (Wildman–Crippen MR) is 71.3 cm³/mol. The third-order valence-corrected chi connectivity index (χ3v) is 3.02. The SMILES string of the molecule is CCc1ccc(C(N)c2ccc(COC)o2)cc1. The molecule has 0 amide bonds. The number of nitrogens with two attached hydrogens (primary N) is 1. The van der Waals surface area contributed by atoms with Gasteiger partial charge in [0.2, 0.25) is 0 Å². The van der Waals surface area contributed by atoms with Crippen LogP contribution >= 0.6 is 0 Å². The summed E-state index contributed by atoms with van der Waals surface area (Å²) in [5.74, 6) is 1.57. The first-order valence-electron chi connectivity index (χ1n) is 6.16. The average Bonchev–Trinajstić information content (AvgIpc) is 2.87. The van der Waals surface area contributed by atoms with Crippen molar-refractivity contribution in [2.75, 3.05) is 7.11 Å². The van der Waals surface area contributed by atoms with Gasteiger partial charge < -0.3 is 14.9 Å². The Morgan fingerprint density at radius 2 is 1.89 bits per heavy atom. The van der Waals surface area contributed by atoms with Crippen molar-refractivity contribution in [3.63, 3.8) is 0 Å². The summed E-state index contributed by atoms with van der Waals surface area (Å²) in [5, 5.41) is 0. The molecule has 1 heterocycles. The molecule has 2 rings (SSSR count). The van der Waals surface area contributed by atoms with E-state index in [1.807, 2.05) is 12.1 Å². The van der Waals surface area contributed by atoms with Crippen molar-refractivity contribution >= 4 is 0 Å². The van der Waals surface area contributed by atoms with E-state index in [0.717, 1.165) is 23.5 Å². The van der Waals surface area contributed by atoms with Gasteiger partial charge in [-0.15, -0.1) is 0 Å². The van der Waals surface area contributed by atoms with Gasteiger partial charge in [-0.25, -0.2) is 0 Å². The van der Waals surface area contributed by atoms with Crippen molar-refractivity contribution in [2.45, 2.75) is 26.0 Å². The van der Waals surface area contributed by atoms with Crippen LogP contribution in [0.3, 0.4) is 0 Å². The normalized spacial score (nSPS) is 12.6. The molecule has 0 saturated carbocycles. The van der Waals surface area contributed by atoms with Gasteiger partial charge in [-0.05, 0) is 29.7 Å². The number of hydrogen-bond donors (Lipinski definition) is 1. The number of furan rings is 1. The van der Waals surface area contributed by atoms with Crippen molar-refractivity contribution in [3.05, 3.63) is 59.0 Å². The van der Waals surface area contributed by atoms with E-state index in [2.05, 4.69) is 31.2 Å². The molecule has 1 unspecified atom stereocenters. The maximum atomic E-state index is 6.18. The monoisotopic (exact) mass is 245 g/mol. The van der Waals surface area contributed by atoms with Crippen LogP contribution in [0.15, 0.2) is 40.8 Å². The molecule has 0 aliphatic carbocycles. The number of aryl methyl sites for hydroxylation is 1. The summed E-state index contributed by atoms with van der Waals surface area (Å²) in [6.45, 7) is 2.61. The Hall–Kier alpha value is -1.58. The summed E-state index contributed by atoms with van der Waals surface area (Å²) in [7, 11) is 1.64. The fourth-order valence-corrected chi connectivity index (χ4v) is 1.91.